The summed E-state index contributed by atoms with van der Waals surface area (Å²) in [4.78, 5) is 10.9. The number of rotatable bonds is 8. The summed E-state index contributed by atoms with van der Waals surface area (Å²) in [6.45, 7) is 7.13. The maximum atomic E-state index is 10.9. The highest BCUT2D eigenvalue weighted by atomic mass is 16.2. The van der Waals surface area contributed by atoms with E-state index in [1.807, 2.05) is 0 Å². The van der Waals surface area contributed by atoms with Gasteiger partial charge < -0.3 is 11.1 Å². The van der Waals surface area contributed by atoms with Gasteiger partial charge in [-0.1, -0.05) is 52.9 Å². The second-order valence-electron chi connectivity index (χ2n) is 7.21. The smallest absolute Gasteiger partial charge is 0.312 e. The van der Waals surface area contributed by atoms with Gasteiger partial charge in [0.25, 0.3) is 0 Å². The number of primary amides is 1. The number of amides is 2. The first-order valence-electron chi connectivity index (χ1n) is 8.51. The van der Waals surface area contributed by atoms with Crippen LogP contribution < -0.4 is 11.1 Å². The number of hydrogen-bond donors (Lipinski definition) is 2. The minimum absolute atomic E-state index is 0.309. The molecule has 3 heteroatoms. The topological polar surface area (TPSA) is 55.1 Å². The van der Waals surface area contributed by atoms with Crippen LogP contribution in [0.3, 0.4) is 0 Å². The first-order valence-corrected chi connectivity index (χ1v) is 8.51. The highest BCUT2D eigenvalue weighted by Gasteiger charge is 2.32. The first kappa shape index (κ1) is 17.3. The molecule has 1 fully saturated rings. The number of carbonyl (C=O) groups is 1. The molecule has 0 saturated heterocycles. The van der Waals surface area contributed by atoms with Crippen molar-refractivity contribution in [3.63, 3.8) is 0 Å². The Kier molecular flexibility index (Phi) is 7.39. The lowest BCUT2D eigenvalue weighted by Crippen LogP contribution is -2.42. The predicted octanol–water partition coefficient (Wildman–Crippen LogP) is 4.60. The molecule has 1 saturated carbocycles. The zero-order valence-corrected chi connectivity index (χ0v) is 13.7. The number of nitrogens with one attached hydrogen (secondary N) is 1. The Balaban J connectivity index is 2.25. The van der Waals surface area contributed by atoms with E-state index in [1.54, 1.807) is 0 Å². The number of hydrogen-bond acceptors (Lipinski definition) is 1. The molecule has 0 aromatic heterocycles. The molecule has 0 spiro atoms. The molecule has 118 valence electrons. The summed E-state index contributed by atoms with van der Waals surface area (Å²) in [5.74, 6) is 0.805. The van der Waals surface area contributed by atoms with Gasteiger partial charge in [0.15, 0.2) is 0 Å². The standard InChI is InChI=1S/C17H34N2O/c1-4-5-6-7-8-13-17(2,3)14-9-11-15(12-10-14)19-16(18)20/h14-15H,4-13H2,1-3H3,(H3,18,19,20). The molecule has 0 bridgehead atoms. The van der Waals surface area contributed by atoms with Crippen LogP contribution in [0.2, 0.25) is 0 Å². The third-order valence-electron chi connectivity index (χ3n) is 5.10. The van der Waals surface area contributed by atoms with E-state index in [0.29, 0.717) is 11.5 Å². The van der Waals surface area contributed by atoms with Crippen LogP contribution in [-0.2, 0) is 0 Å². The van der Waals surface area contributed by atoms with Crippen LogP contribution in [0, 0.1) is 11.3 Å². The summed E-state index contributed by atoms with van der Waals surface area (Å²) >= 11 is 0. The van der Waals surface area contributed by atoms with Gasteiger partial charge in [0.05, 0.1) is 0 Å². The van der Waals surface area contributed by atoms with Gasteiger partial charge in [0, 0.05) is 6.04 Å². The summed E-state index contributed by atoms with van der Waals surface area (Å²) in [6.07, 6.45) is 12.8. The van der Waals surface area contributed by atoms with Crippen LogP contribution in [0.15, 0.2) is 0 Å². The van der Waals surface area contributed by atoms with Crippen LogP contribution in [0.4, 0.5) is 4.79 Å². The molecule has 0 aromatic carbocycles. The fourth-order valence-corrected chi connectivity index (χ4v) is 3.61. The Morgan fingerprint density at radius 2 is 1.70 bits per heavy atom. The molecule has 2 amide bonds. The number of nitrogens with two attached hydrogens (primary N) is 1. The van der Waals surface area contributed by atoms with Crippen LogP contribution in [0.5, 0.6) is 0 Å². The van der Waals surface area contributed by atoms with Gasteiger partial charge >= 0.3 is 6.03 Å². The average molecular weight is 282 g/mol. The van der Waals surface area contributed by atoms with Gasteiger partial charge in [-0.25, -0.2) is 4.79 Å². The minimum atomic E-state index is -0.372. The molecule has 3 N–H and O–H groups in total. The van der Waals surface area contributed by atoms with Gasteiger partial charge in [-0.05, 0) is 43.4 Å². The van der Waals surface area contributed by atoms with Crippen molar-refractivity contribution in [2.24, 2.45) is 17.1 Å². The normalized spacial score (nSPS) is 23.6. The van der Waals surface area contributed by atoms with Crippen molar-refractivity contribution in [2.75, 3.05) is 0 Å². The van der Waals surface area contributed by atoms with Crippen LogP contribution in [-0.4, -0.2) is 12.1 Å². The fourth-order valence-electron chi connectivity index (χ4n) is 3.61. The van der Waals surface area contributed by atoms with Gasteiger partial charge in [0.1, 0.15) is 0 Å². The van der Waals surface area contributed by atoms with Crippen LogP contribution in [0.25, 0.3) is 0 Å². The molecule has 1 aliphatic carbocycles. The van der Waals surface area contributed by atoms with E-state index in [9.17, 15) is 4.79 Å². The SMILES string of the molecule is CCCCCCCC(C)(C)C1CCC(NC(N)=O)CC1. The minimum Gasteiger partial charge on any atom is -0.352 e. The molecule has 0 radical (unpaired) electrons. The molecule has 0 unspecified atom stereocenters. The van der Waals surface area contributed by atoms with Gasteiger partial charge in [0.2, 0.25) is 0 Å². The van der Waals surface area contributed by atoms with E-state index in [2.05, 4.69) is 26.1 Å². The Labute approximate surface area is 125 Å². The van der Waals surface area contributed by atoms with E-state index < -0.39 is 0 Å². The largest absolute Gasteiger partial charge is 0.352 e. The molecular formula is C17H34N2O. The Bertz CT molecular complexity index is 281. The predicted molar refractivity (Wildman–Crippen MR) is 85.6 cm³/mol. The zero-order chi connectivity index (χ0) is 15.0. The van der Waals surface area contributed by atoms with Crippen molar-refractivity contribution in [3.05, 3.63) is 0 Å². The van der Waals surface area contributed by atoms with Crippen molar-refractivity contribution in [3.8, 4) is 0 Å². The van der Waals surface area contributed by atoms with E-state index in [1.165, 1.54) is 51.4 Å². The summed E-state index contributed by atoms with van der Waals surface area (Å²) in [5, 5.41) is 2.86. The zero-order valence-electron chi connectivity index (χ0n) is 13.7. The average Bonchev–Trinajstić information content (AvgIpc) is 2.38. The van der Waals surface area contributed by atoms with Crippen molar-refractivity contribution in [2.45, 2.75) is 91.0 Å². The fraction of sp³-hybridized carbons (Fsp3) is 0.941. The third-order valence-corrected chi connectivity index (χ3v) is 5.10. The summed E-state index contributed by atoms with van der Waals surface area (Å²) in [5.41, 5.74) is 5.65. The summed E-state index contributed by atoms with van der Waals surface area (Å²) in [7, 11) is 0. The number of unbranched alkanes of at least 4 members (excludes halogenated alkanes) is 4. The van der Waals surface area contributed by atoms with Crippen LogP contribution >= 0.6 is 0 Å². The van der Waals surface area contributed by atoms with E-state index in [4.69, 9.17) is 5.73 Å². The van der Waals surface area contributed by atoms with Gasteiger partial charge in [-0.3, -0.25) is 0 Å². The third kappa shape index (κ3) is 6.15. The van der Waals surface area contributed by atoms with Gasteiger partial charge in [-0.15, -0.1) is 0 Å². The summed E-state index contributed by atoms with van der Waals surface area (Å²) < 4.78 is 0. The molecule has 1 rings (SSSR count). The molecule has 1 aliphatic rings. The van der Waals surface area contributed by atoms with Crippen molar-refractivity contribution in [1.29, 1.82) is 0 Å². The lowest BCUT2D eigenvalue weighted by Gasteiger charge is -2.39. The first-order chi connectivity index (χ1) is 9.45. The Morgan fingerprint density at radius 1 is 1.10 bits per heavy atom. The molecule has 0 heterocycles. The van der Waals surface area contributed by atoms with E-state index >= 15 is 0 Å². The number of carbonyl (C=O) groups excluding carboxylic acids is 1. The second-order valence-corrected chi connectivity index (χ2v) is 7.21. The lowest BCUT2D eigenvalue weighted by molar-refractivity contribution is 0.129. The molecule has 0 atom stereocenters. The monoisotopic (exact) mass is 282 g/mol. The number of urea groups is 1. The maximum absolute atomic E-state index is 10.9. The second kappa shape index (κ2) is 8.53. The van der Waals surface area contributed by atoms with E-state index in [0.717, 1.165) is 18.8 Å². The van der Waals surface area contributed by atoms with Crippen LogP contribution in [0.1, 0.15) is 85.0 Å². The lowest BCUT2D eigenvalue weighted by atomic mass is 9.68. The molecule has 3 nitrogen and oxygen atoms in total. The molecular weight excluding hydrogens is 248 g/mol. The summed E-state index contributed by atoms with van der Waals surface area (Å²) in [6, 6.07) is -0.0623. The Hall–Kier alpha value is -0.730. The highest BCUT2D eigenvalue weighted by molar-refractivity contribution is 5.71. The maximum Gasteiger partial charge on any atom is 0.312 e. The van der Waals surface area contributed by atoms with Crippen molar-refractivity contribution < 1.29 is 4.79 Å². The quantitative estimate of drug-likeness (QED) is 0.628. The van der Waals surface area contributed by atoms with Gasteiger partial charge in [-0.2, -0.15) is 0 Å². The van der Waals surface area contributed by atoms with Crippen molar-refractivity contribution in [1.82, 2.24) is 5.32 Å². The Morgan fingerprint density at radius 3 is 2.25 bits per heavy atom. The van der Waals surface area contributed by atoms with Crippen molar-refractivity contribution >= 4 is 6.03 Å². The highest BCUT2D eigenvalue weighted by Crippen LogP contribution is 2.41. The molecule has 0 aromatic rings. The molecule has 0 aliphatic heterocycles. The van der Waals surface area contributed by atoms with E-state index in [-0.39, 0.29) is 6.03 Å². The molecule has 20 heavy (non-hydrogen) atoms.